The van der Waals surface area contributed by atoms with E-state index >= 15 is 0 Å². The quantitative estimate of drug-likeness (QED) is 0.820. The average molecular weight is 223 g/mol. The molecule has 0 radical (unpaired) electrons. The van der Waals surface area contributed by atoms with Crippen molar-refractivity contribution in [2.45, 2.75) is 13.0 Å². The van der Waals surface area contributed by atoms with Crippen molar-refractivity contribution in [3.8, 4) is 0 Å². The fourth-order valence-corrected chi connectivity index (χ4v) is 1.57. The maximum absolute atomic E-state index is 9.98. The van der Waals surface area contributed by atoms with Gasteiger partial charge in [-0.1, -0.05) is 23.7 Å². The predicted molar refractivity (Wildman–Crippen MR) is 58.8 cm³/mol. The van der Waals surface area contributed by atoms with Crippen LogP contribution < -0.4 is 0 Å². The topological polar surface area (TPSA) is 48.9 Å². The summed E-state index contributed by atoms with van der Waals surface area (Å²) < 4.78 is 0. The minimum absolute atomic E-state index is 0.662. The van der Waals surface area contributed by atoms with E-state index in [9.17, 15) is 5.11 Å². The number of rotatable bonds is 2. The van der Waals surface area contributed by atoms with Crippen LogP contribution in [0.4, 0.5) is 0 Å². The molecular formula is C11H11ClN2O. The number of aliphatic hydroxyl groups is 1. The highest BCUT2D eigenvalue weighted by atomic mass is 35.5. The fourth-order valence-electron chi connectivity index (χ4n) is 1.38. The summed E-state index contributed by atoms with van der Waals surface area (Å²) in [5, 5.41) is 17.1. The van der Waals surface area contributed by atoms with E-state index < -0.39 is 6.10 Å². The molecule has 0 aliphatic carbocycles. The minimum Gasteiger partial charge on any atom is -0.384 e. The molecule has 2 N–H and O–H groups in total. The largest absolute Gasteiger partial charge is 0.384 e. The summed E-state index contributed by atoms with van der Waals surface area (Å²) in [4.78, 5) is 0. The van der Waals surface area contributed by atoms with Gasteiger partial charge < -0.3 is 5.11 Å². The molecule has 0 aliphatic rings. The summed E-state index contributed by atoms with van der Waals surface area (Å²) in [5.74, 6) is 0. The van der Waals surface area contributed by atoms with Gasteiger partial charge in [0, 0.05) is 16.8 Å². The molecule has 0 amide bonds. The molecule has 1 aromatic heterocycles. The number of halogens is 1. The van der Waals surface area contributed by atoms with Gasteiger partial charge in [-0.15, -0.1) is 0 Å². The number of H-pyrrole nitrogens is 1. The highest BCUT2D eigenvalue weighted by Crippen LogP contribution is 2.25. The monoisotopic (exact) mass is 222 g/mol. The molecule has 0 fully saturated rings. The van der Waals surface area contributed by atoms with Crippen LogP contribution in [0, 0.1) is 6.92 Å². The van der Waals surface area contributed by atoms with Crippen molar-refractivity contribution in [2.24, 2.45) is 0 Å². The zero-order valence-electron chi connectivity index (χ0n) is 8.24. The molecule has 0 spiro atoms. The third-order valence-electron chi connectivity index (χ3n) is 2.35. The van der Waals surface area contributed by atoms with Gasteiger partial charge in [-0.3, -0.25) is 5.10 Å². The molecule has 0 saturated heterocycles. The van der Waals surface area contributed by atoms with Gasteiger partial charge >= 0.3 is 0 Å². The van der Waals surface area contributed by atoms with Crippen LogP contribution in [-0.2, 0) is 0 Å². The summed E-state index contributed by atoms with van der Waals surface area (Å²) in [6, 6.07) is 5.52. The molecule has 78 valence electrons. The van der Waals surface area contributed by atoms with Gasteiger partial charge in [0.25, 0.3) is 0 Å². The number of nitrogens with one attached hydrogen (secondary N) is 1. The predicted octanol–water partition coefficient (Wildman–Crippen LogP) is 2.45. The summed E-state index contributed by atoms with van der Waals surface area (Å²) in [5.41, 5.74) is 2.50. The Bertz CT molecular complexity index is 454. The zero-order chi connectivity index (χ0) is 10.8. The molecule has 0 bridgehead atoms. The van der Waals surface area contributed by atoms with Crippen molar-refractivity contribution >= 4 is 11.6 Å². The molecule has 0 aliphatic heterocycles. The van der Waals surface area contributed by atoms with Crippen molar-refractivity contribution in [3.63, 3.8) is 0 Å². The van der Waals surface area contributed by atoms with E-state index in [1.165, 1.54) is 0 Å². The van der Waals surface area contributed by atoms with Crippen LogP contribution in [0.3, 0.4) is 0 Å². The Morgan fingerprint density at radius 2 is 2.20 bits per heavy atom. The first kappa shape index (κ1) is 10.2. The molecule has 1 unspecified atom stereocenters. The maximum atomic E-state index is 9.98. The van der Waals surface area contributed by atoms with Gasteiger partial charge in [0.05, 0.1) is 6.20 Å². The Morgan fingerprint density at radius 3 is 2.80 bits per heavy atom. The van der Waals surface area contributed by atoms with Crippen molar-refractivity contribution < 1.29 is 5.11 Å². The van der Waals surface area contributed by atoms with E-state index in [4.69, 9.17) is 11.6 Å². The highest BCUT2D eigenvalue weighted by molar-refractivity contribution is 6.31. The summed E-state index contributed by atoms with van der Waals surface area (Å²) in [7, 11) is 0. The summed E-state index contributed by atoms with van der Waals surface area (Å²) >= 11 is 5.98. The Morgan fingerprint density at radius 1 is 1.40 bits per heavy atom. The van der Waals surface area contributed by atoms with Crippen molar-refractivity contribution in [3.05, 3.63) is 52.3 Å². The lowest BCUT2D eigenvalue weighted by molar-refractivity contribution is 0.220. The standard InChI is InChI=1S/C11H11ClN2O/c1-7-2-3-8(4-10(7)12)11(15)9-5-13-14-6-9/h2-6,11,15H,1H3,(H,13,14). The lowest BCUT2D eigenvalue weighted by Gasteiger charge is -2.09. The molecule has 15 heavy (non-hydrogen) atoms. The fraction of sp³-hybridized carbons (Fsp3) is 0.182. The first-order valence-corrected chi connectivity index (χ1v) is 4.99. The zero-order valence-corrected chi connectivity index (χ0v) is 8.99. The van der Waals surface area contributed by atoms with Gasteiger partial charge in [-0.05, 0) is 24.1 Å². The number of aliphatic hydroxyl groups excluding tert-OH is 1. The minimum atomic E-state index is -0.679. The molecule has 4 heteroatoms. The van der Waals surface area contributed by atoms with E-state index in [2.05, 4.69) is 10.2 Å². The SMILES string of the molecule is Cc1ccc(C(O)c2cn[nH]c2)cc1Cl. The first-order chi connectivity index (χ1) is 7.18. The van der Waals surface area contributed by atoms with Crippen LogP contribution in [0.25, 0.3) is 0 Å². The van der Waals surface area contributed by atoms with Gasteiger partial charge in [0.1, 0.15) is 6.10 Å². The molecular weight excluding hydrogens is 212 g/mol. The van der Waals surface area contributed by atoms with Gasteiger partial charge in [0.2, 0.25) is 0 Å². The number of nitrogens with zero attached hydrogens (tertiary/aromatic N) is 1. The van der Waals surface area contributed by atoms with Crippen molar-refractivity contribution in [2.75, 3.05) is 0 Å². The summed E-state index contributed by atoms with van der Waals surface area (Å²) in [6.45, 7) is 1.93. The molecule has 1 aromatic carbocycles. The molecule has 2 aromatic rings. The third kappa shape index (κ3) is 2.03. The third-order valence-corrected chi connectivity index (χ3v) is 2.75. The van der Waals surface area contributed by atoms with Crippen LogP contribution in [0.1, 0.15) is 22.8 Å². The Kier molecular flexibility index (Phi) is 2.75. The summed E-state index contributed by atoms with van der Waals surface area (Å²) in [6.07, 6.45) is 2.58. The Hall–Kier alpha value is -1.32. The number of aryl methyl sites for hydroxylation is 1. The van der Waals surface area contributed by atoms with Gasteiger partial charge in [-0.2, -0.15) is 5.10 Å². The van der Waals surface area contributed by atoms with E-state index in [1.807, 2.05) is 19.1 Å². The number of hydrogen-bond donors (Lipinski definition) is 2. The van der Waals surface area contributed by atoms with Gasteiger partial charge in [0.15, 0.2) is 0 Å². The number of aromatic amines is 1. The van der Waals surface area contributed by atoms with Crippen molar-refractivity contribution in [1.29, 1.82) is 0 Å². The molecule has 0 saturated carbocycles. The average Bonchev–Trinajstić information content (AvgIpc) is 2.74. The Balaban J connectivity index is 2.34. The maximum Gasteiger partial charge on any atom is 0.107 e. The van der Waals surface area contributed by atoms with Crippen LogP contribution in [0.2, 0.25) is 5.02 Å². The first-order valence-electron chi connectivity index (χ1n) is 4.61. The molecule has 1 heterocycles. The molecule has 3 nitrogen and oxygen atoms in total. The van der Waals surface area contributed by atoms with Crippen LogP contribution >= 0.6 is 11.6 Å². The van der Waals surface area contributed by atoms with Gasteiger partial charge in [-0.25, -0.2) is 0 Å². The lowest BCUT2D eigenvalue weighted by Crippen LogP contribution is -1.98. The normalized spacial score (nSPS) is 12.7. The highest BCUT2D eigenvalue weighted by Gasteiger charge is 2.12. The van der Waals surface area contributed by atoms with Crippen LogP contribution in [-0.4, -0.2) is 15.3 Å². The second-order valence-electron chi connectivity index (χ2n) is 3.44. The number of hydrogen-bond acceptors (Lipinski definition) is 2. The van der Waals surface area contributed by atoms with E-state index in [0.717, 1.165) is 16.7 Å². The van der Waals surface area contributed by atoms with E-state index in [0.29, 0.717) is 5.02 Å². The van der Waals surface area contributed by atoms with Crippen LogP contribution in [0.5, 0.6) is 0 Å². The lowest BCUT2D eigenvalue weighted by atomic mass is 10.0. The van der Waals surface area contributed by atoms with E-state index in [-0.39, 0.29) is 0 Å². The van der Waals surface area contributed by atoms with Crippen molar-refractivity contribution in [1.82, 2.24) is 10.2 Å². The molecule has 1 atom stereocenters. The Labute approximate surface area is 92.7 Å². The smallest absolute Gasteiger partial charge is 0.107 e. The molecule has 2 rings (SSSR count). The van der Waals surface area contributed by atoms with Crippen LogP contribution in [0.15, 0.2) is 30.6 Å². The second-order valence-corrected chi connectivity index (χ2v) is 3.85. The second kappa shape index (κ2) is 4.04. The number of benzene rings is 1. The van der Waals surface area contributed by atoms with E-state index in [1.54, 1.807) is 18.5 Å². The number of aromatic nitrogens is 2.